The third-order valence-electron chi connectivity index (χ3n) is 5.50. The van der Waals surface area contributed by atoms with Crippen molar-refractivity contribution in [3.63, 3.8) is 0 Å². The summed E-state index contributed by atoms with van der Waals surface area (Å²) in [4.78, 5) is 24.3. The first-order valence-corrected chi connectivity index (χ1v) is 10.9. The fraction of sp³-hybridized carbons (Fsp3) is 0.417. The molecule has 1 fully saturated rings. The number of anilines is 1. The number of rotatable bonds is 5. The van der Waals surface area contributed by atoms with E-state index in [0.29, 0.717) is 23.5 Å². The highest BCUT2D eigenvalue weighted by atomic mass is 16.7. The van der Waals surface area contributed by atoms with Crippen molar-refractivity contribution >= 4 is 17.6 Å². The first-order chi connectivity index (χ1) is 14.9. The van der Waals surface area contributed by atoms with Crippen molar-refractivity contribution in [2.75, 3.05) is 5.32 Å². The molecule has 1 saturated carbocycles. The lowest BCUT2D eigenvalue weighted by Gasteiger charge is -2.31. The van der Waals surface area contributed by atoms with Gasteiger partial charge in [-0.2, -0.15) is 0 Å². The van der Waals surface area contributed by atoms with Crippen molar-refractivity contribution < 1.29 is 19.1 Å². The van der Waals surface area contributed by atoms with Gasteiger partial charge in [-0.1, -0.05) is 18.6 Å². The minimum absolute atomic E-state index is 0.0791. The van der Waals surface area contributed by atoms with Crippen LogP contribution in [-0.2, 0) is 6.54 Å². The molecule has 2 aromatic carbocycles. The summed E-state index contributed by atoms with van der Waals surface area (Å²) in [7, 11) is 0. The highest BCUT2D eigenvalue weighted by Crippen LogP contribution is 2.46. The molecule has 0 radical (unpaired) electrons. The van der Waals surface area contributed by atoms with Gasteiger partial charge in [0.1, 0.15) is 0 Å². The minimum Gasteiger partial charge on any atom is -0.448 e. The van der Waals surface area contributed by atoms with Gasteiger partial charge >= 0.3 is 6.03 Å². The molecule has 1 heterocycles. The molecule has 31 heavy (non-hydrogen) atoms. The molecule has 4 rings (SSSR count). The quantitative estimate of drug-likeness (QED) is 0.657. The average molecular weight is 424 g/mol. The summed E-state index contributed by atoms with van der Waals surface area (Å²) in [5.41, 5.74) is 2.12. The van der Waals surface area contributed by atoms with Gasteiger partial charge in [0.25, 0.3) is 11.7 Å². The number of carbonyl (C=O) groups is 2. The smallest absolute Gasteiger partial charge is 0.315 e. The van der Waals surface area contributed by atoms with E-state index in [4.69, 9.17) is 9.47 Å². The summed E-state index contributed by atoms with van der Waals surface area (Å²) in [5.74, 6) is 0.682. The van der Waals surface area contributed by atoms with E-state index in [2.05, 4.69) is 16.0 Å². The Morgan fingerprint density at radius 1 is 0.968 bits per heavy atom. The standard InChI is InChI=1S/C24H29N3O4/c1-16(2)26-23(29)25-15-17-6-8-18(9-7-17)22(28)27-19-10-11-20-21(14-19)31-24(30-20)12-4-3-5-13-24/h6-11,14,16H,3-5,12-13,15H2,1-2H3,(H,27,28)(H2,25,26,29). The van der Waals surface area contributed by atoms with E-state index in [9.17, 15) is 9.59 Å². The molecule has 3 amide bonds. The highest BCUT2D eigenvalue weighted by molar-refractivity contribution is 6.04. The molecule has 0 saturated heterocycles. The van der Waals surface area contributed by atoms with Gasteiger partial charge in [-0.3, -0.25) is 4.79 Å². The van der Waals surface area contributed by atoms with Crippen molar-refractivity contribution in [1.29, 1.82) is 0 Å². The molecule has 7 heteroatoms. The summed E-state index contributed by atoms with van der Waals surface area (Å²) < 4.78 is 12.2. The molecule has 0 atom stereocenters. The first-order valence-electron chi connectivity index (χ1n) is 10.9. The van der Waals surface area contributed by atoms with Crippen LogP contribution in [0.3, 0.4) is 0 Å². The number of hydrogen-bond donors (Lipinski definition) is 3. The van der Waals surface area contributed by atoms with E-state index >= 15 is 0 Å². The Labute approximate surface area is 182 Å². The topological polar surface area (TPSA) is 88.7 Å². The Hall–Kier alpha value is -3.22. The van der Waals surface area contributed by atoms with Crippen LogP contribution < -0.4 is 25.4 Å². The van der Waals surface area contributed by atoms with Crippen molar-refractivity contribution in [2.45, 2.75) is 64.3 Å². The Morgan fingerprint density at radius 2 is 1.68 bits per heavy atom. The third-order valence-corrected chi connectivity index (χ3v) is 5.50. The summed E-state index contributed by atoms with van der Waals surface area (Å²) >= 11 is 0. The molecule has 1 spiro atoms. The predicted molar refractivity (Wildman–Crippen MR) is 118 cm³/mol. The van der Waals surface area contributed by atoms with Crippen molar-refractivity contribution in [3.8, 4) is 11.5 Å². The second-order valence-electron chi connectivity index (χ2n) is 8.47. The lowest BCUT2D eigenvalue weighted by molar-refractivity contribution is -0.105. The van der Waals surface area contributed by atoms with Crippen LogP contribution in [0.2, 0.25) is 0 Å². The highest BCUT2D eigenvalue weighted by Gasteiger charge is 2.42. The fourth-order valence-electron chi connectivity index (χ4n) is 3.94. The van der Waals surface area contributed by atoms with Crippen molar-refractivity contribution in [3.05, 3.63) is 53.6 Å². The van der Waals surface area contributed by atoms with Crippen LogP contribution in [-0.4, -0.2) is 23.8 Å². The zero-order valence-corrected chi connectivity index (χ0v) is 18.0. The monoisotopic (exact) mass is 423 g/mol. The van der Waals surface area contributed by atoms with Gasteiger partial charge < -0.3 is 25.4 Å². The van der Waals surface area contributed by atoms with Crippen LogP contribution in [0.25, 0.3) is 0 Å². The molecule has 164 valence electrons. The number of nitrogens with one attached hydrogen (secondary N) is 3. The van der Waals surface area contributed by atoms with Gasteiger partial charge in [-0.25, -0.2) is 4.79 Å². The molecular weight excluding hydrogens is 394 g/mol. The van der Waals surface area contributed by atoms with Gasteiger partial charge in [0.05, 0.1) is 0 Å². The Kier molecular flexibility index (Phi) is 6.02. The van der Waals surface area contributed by atoms with Crippen LogP contribution in [0.5, 0.6) is 11.5 Å². The SMILES string of the molecule is CC(C)NC(=O)NCc1ccc(C(=O)Nc2ccc3c(c2)OC2(CCCCC2)O3)cc1. The Balaban J connectivity index is 1.34. The zero-order valence-electron chi connectivity index (χ0n) is 18.0. The van der Waals surface area contributed by atoms with Gasteiger partial charge in [-0.15, -0.1) is 0 Å². The molecule has 3 N–H and O–H groups in total. The minimum atomic E-state index is -0.529. The number of benzene rings is 2. The molecule has 1 aliphatic heterocycles. The van der Waals surface area contributed by atoms with Crippen LogP contribution in [0.15, 0.2) is 42.5 Å². The predicted octanol–water partition coefficient (Wildman–Crippen LogP) is 4.58. The lowest BCUT2D eigenvalue weighted by Crippen LogP contribution is -2.40. The van der Waals surface area contributed by atoms with Crippen LogP contribution in [0.4, 0.5) is 10.5 Å². The number of fused-ring (bicyclic) bond motifs is 1. The van der Waals surface area contributed by atoms with Gasteiger partial charge in [0, 0.05) is 42.7 Å². The number of ether oxygens (including phenoxy) is 2. The number of amides is 3. The molecule has 2 aliphatic rings. The summed E-state index contributed by atoms with van der Waals surface area (Å²) in [6.07, 6.45) is 5.20. The molecule has 7 nitrogen and oxygen atoms in total. The van der Waals surface area contributed by atoms with Crippen LogP contribution in [0.1, 0.15) is 61.9 Å². The summed E-state index contributed by atoms with van der Waals surface area (Å²) in [6.45, 7) is 4.20. The molecular formula is C24H29N3O4. The van der Waals surface area contributed by atoms with E-state index in [1.165, 1.54) is 6.42 Å². The van der Waals surface area contributed by atoms with Crippen LogP contribution >= 0.6 is 0 Å². The zero-order chi connectivity index (χ0) is 21.8. The van der Waals surface area contributed by atoms with E-state index in [1.807, 2.05) is 44.2 Å². The third kappa shape index (κ3) is 5.10. The van der Waals surface area contributed by atoms with Gasteiger partial charge in [0.2, 0.25) is 0 Å². The molecule has 2 aromatic rings. The largest absolute Gasteiger partial charge is 0.448 e. The number of carbonyl (C=O) groups excluding carboxylic acids is 2. The number of urea groups is 1. The lowest BCUT2D eigenvalue weighted by atomic mass is 9.94. The van der Waals surface area contributed by atoms with Gasteiger partial charge in [0.15, 0.2) is 11.5 Å². The summed E-state index contributed by atoms with van der Waals surface area (Å²) in [5, 5.41) is 8.48. The average Bonchev–Trinajstić information content (AvgIpc) is 3.09. The Bertz CT molecular complexity index is 950. The van der Waals surface area contributed by atoms with Crippen molar-refractivity contribution in [2.24, 2.45) is 0 Å². The number of hydrogen-bond acceptors (Lipinski definition) is 4. The fourth-order valence-corrected chi connectivity index (χ4v) is 3.94. The molecule has 0 bridgehead atoms. The molecule has 0 aromatic heterocycles. The van der Waals surface area contributed by atoms with Crippen molar-refractivity contribution in [1.82, 2.24) is 10.6 Å². The van der Waals surface area contributed by atoms with Crippen LogP contribution in [0, 0.1) is 0 Å². The second kappa shape index (κ2) is 8.88. The Morgan fingerprint density at radius 3 is 2.39 bits per heavy atom. The van der Waals surface area contributed by atoms with E-state index in [0.717, 1.165) is 37.0 Å². The molecule has 1 aliphatic carbocycles. The first kappa shape index (κ1) is 21.0. The maximum absolute atomic E-state index is 12.6. The van der Waals surface area contributed by atoms with E-state index in [-0.39, 0.29) is 18.0 Å². The maximum Gasteiger partial charge on any atom is 0.315 e. The normalized spacial score (nSPS) is 16.2. The maximum atomic E-state index is 12.6. The summed E-state index contributed by atoms with van der Waals surface area (Å²) in [6, 6.07) is 12.5. The molecule has 0 unspecified atom stereocenters. The van der Waals surface area contributed by atoms with Gasteiger partial charge in [-0.05, 0) is 56.5 Å². The van der Waals surface area contributed by atoms with E-state index in [1.54, 1.807) is 12.1 Å². The second-order valence-corrected chi connectivity index (χ2v) is 8.47. The van der Waals surface area contributed by atoms with E-state index < -0.39 is 5.79 Å².